The number of hydrogen-bond acceptors (Lipinski definition) is 3. The van der Waals surface area contributed by atoms with E-state index in [4.69, 9.17) is 0 Å². The Morgan fingerprint density at radius 2 is 1.88 bits per heavy atom. The molecular formula is C19H25ClFN3. The average molecular weight is 350 g/mol. The van der Waals surface area contributed by atoms with Gasteiger partial charge in [0.25, 0.3) is 0 Å². The van der Waals surface area contributed by atoms with Crippen LogP contribution in [0.3, 0.4) is 0 Å². The highest BCUT2D eigenvalue weighted by molar-refractivity contribution is 5.85. The molecule has 0 radical (unpaired) electrons. The maximum absolute atomic E-state index is 13.3. The van der Waals surface area contributed by atoms with Crippen LogP contribution in [0.25, 0.3) is 0 Å². The smallest absolute Gasteiger partial charge is 0.123 e. The number of halogens is 2. The molecule has 0 spiro atoms. The topological polar surface area (TPSA) is 28.2 Å². The quantitative estimate of drug-likeness (QED) is 0.892. The Balaban J connectivity index is 0.00000208. The molecule has 0 saturated carbocycles. The van der Waals surface area contributed by atoms with Crippen LogP contribution in [-0.4, -0.2) is 36.6 Å². The van der Waals surface area contributed by atoms with Crippen molar-refractivity contribution in [3.63, 3.8) is 0 Å². The SMILES string of the molecule is CN(CC1CCNCC1)C(c1ccc(F)cc1)c1ccccn1.Cl. The minimum atomic E-state index is -0.200. The van der Waals surface area contributed by atoms with Gasteiger partial charge in [-0.2, -0.15) is 0 Å². The predicted molar refractivity (Wildman–Crippen MR) is 98.0 cm³/mol. The number of pyridine rings is 1. The van der Waals surface area contributed by atoms with E-state index in [1.54, 1.807) is 0 Å². The van der Waals surface area contributed by atoms with Crippen LogP contribution >= 0.6 is 12.4 Å². The number of nitrogens with zero attached hydrogens (tertiary/aromatic N) is 2. The summed E-state index contributed by atoms with van der Waals surface area (Å²) in [5.41, 5.74) is 2.09. The monoisotopic (exact) mass is 349 g/mol. The summed E-state index contributed by atoms with van der Waals surface area (Å²) in [6.07, 6.45) is 4.25. The summed E-state index contributed by atoms with van der Waals surface area (Å²) in [5, 5.41) is 3.41. The van der Waals surface area contributed by atoms with Gasteiger partial charge in [0, 0.05) is 12.7 Å². The van der Waals surface area contributed by atoms with Gasteiger partial charge in [-0.3, -0.25) is 9.88 Å². The van der Waals surface area contributed by atoms with E-state index in [2.05, 4.69) is 22.2 Å². The molecule has 1 aromatic carbocycles. The molecule has 130 valence electrons. The molecule has 1 aliphatic heterocycles. The second-order valence-corrected chi connectivity index (χ2v) is 6.34. The maximum atomic E-state index is 13.3. The third-order valence-corrected chi connectivity index (χ3v) is 4.60. The van der Waals surface area contributed by atoms with Crippen molar-refractivity contribution in [3.8, 4) is 0 Å². The van der Waals surface area contributed by atoms with Gasteiger partial charge in [0.05, 0.1) is 11.7 Å². The first-order chi connectivity index (χ1) is 11.2. The molecule has 2 heterocycles. The van der Waals surface area contributed by atoms with Crippen LogP contribution in [0.15, 0.2) is 48.7 Å². The zero-order chi connectivity index (χ0) is 16.1. The fraction of sp³-hybridized carbons (Fsp3) is 0.421. The molecule has 3 nitrogen and oxygen atoms in total. The molecule has 1 aliphatic rings. The Morgan fingerprint density at radius 1 is 1.17 bits per heavy atom. The Kier molecular flexibility index (Phi) is 7.16. The maximum Gasteiger partial charge on any atom is 0.123 e. The van der Waals surface area contributed by atoms with Crippen molar-refractivity contribution in [1.29, 1.82) is 0 Å². The number of nitrogens with one attached hydrogen (secondary N) is 1. The lowest BCUT2D eigenvalue weighted by atomic mass is 9.95. The first-order valence-corrected chi connectivity index (χ1v) is 8.31. The number of aromatic nitrogens is 1. The molecule has 1 saturated heterocycles. The van der Waals surface area contributed by atoms with Crippen LogP contribution in [0.2, 0.25) is 0 Å². The highest BCUT2D eigenvalue weighted by Crippen LogP contribution is 2.28. The van der Waals surface area contributed by atoms with Gasteiger partial charge in [0.1, 0.15) is 5.82 Å². The van der Waals surface area contributed by atoms with Gasteiger partial charge in [-0.15, -0.1) is 12.4 Å². The zero-order valence-electron chi connectivity index (χ0n) is 14.0. The van der Waals surface area contributed by atoms with Crippen LogP contribution < -0.4 is 5.32 Å². The van der Waals surface area contributed by atoms with Crippen molar-refractivity contribution in [2.45, 2.75) is 18.9 Å². The molecule has 0 bridgehead atoms. The normalized spacial score (nSPS) is 16.6. The molecule has 24 heavy (non-hydrogen) atoms. The molecule has 1 fully saturated rings. The van der Waals surface area contributed by atoms with Crippen molar-refractivity contribution in [2.24, 2.45) is 5.92 Å². The molecule has 1 unspecified atom stereocenters. The fourth-order valence-corrected chi connectivity index (χ4v) is 3.41. The van der Waals surface area contributed by atoms with Crippen LogP contribution in [0.5, 0.6) is 0 Å². The fourth-order valence-electron chi connectivity index (χ4n) is 3.41. The van der Waals surface area contributed by atoms with E-state index in [0.29, 0.717) is 5.92 Å². The lowest BCUT2D eigenvalue weighted by Crippen LogP contribution is -2.36. The van der Waals surface area contributed by atoms with Crippen molar-refractivity contribution in [2.75, 3.05) is 26.7 Å². The molecule has 1 N–H and O–H groups in total. The number of piperidine rings is 1. The van der Waals surface area contributed by atoms with Crippen LogP contribution in [0, 0.1) is 11.7 Å². The summed E-state index contributed by atoms with van der Waals surface area (Å²) in [4.78, 5) is 6.90. The van der Waals surface area contributed by atoms with Crippen LogP contribution in [0.4, 0.5) is 4.39 Å². The van der Waals surface area contributed by atoms with Crippen molar-refractivity contribution in [1.82, 2.24) is 15.2 Å². The molecule has 0 amide bonds. The van der Waals surface area contributed by atoms with Gasteiger partial charge in [0.15, 0.2) is 0 Å². The highest BCUT2D eigenvalue weighted by Gasteiger charge is 2.24. The summed E-state index contributed by atoms with van der Waals surface area (Å²) in [7, 11) is 2.14. The minimum Gasteiger partial charge on any atom is -0.317 e. The third kappa shape index (κ3) is 4.76. The van der Waals surface area contributed by atoms with Gasteiger partial charge < -0.3 is 5.32 Å². The number of hydrogen-bond donors (Lipinski definition) is 1. The lowest BCUT2D eigenvalue weighted by Gasteiger charge is -2.33. The van der Waals surface area contributed by atoms with Gasteiger partial charge in [-0.1, -0.05) is 18.2 Å². The molecule has 1 aromatic heterocycles. The van der Waals surface area contributed by atoms with Gasteiger partial charge in [-0.05, 0) is 68.7 Å². The molecule has 5 heteroatoms. The van der Waals surface area contributed by atoms with Crippen LogP contribution in [-0.2, 0) is 0 Å². The zero-order valence-corrected chi connectivity index (χ0v) is 14.8. The molecular weight excluding hydrogens is 325 g/mol. The number of rotatable bonds is 5. The van der Waals surface area contributed by atoms with Crippen molar-refractivity contribution >= 4 is 12.4 Å². The Morgan fingerprint density at radius 3 is 2.50 bits per heavy atom. The summed E-state index contributed by atoms with van der Waals surface area (Å²) in [5.74, 6) is 0.502. The van der Waals surface area contributed by atoms with E-state index in [1.165, 1.54) is 25.0 Å². The van der Waals surface area contributed by atoms with Crippen LogP contribution in [0.1, 0.15) is 30.1 Å². The highest BCUT2D eigenvalue weighted by atomic mass is 35.5. The molecule has 3 rings (SSSR count). The molecule has 2 aromatic rings. The van der Waals surface area contributed by atoms with Crippen molar-refractivity contribution in [3.05, 3.63) is 65.7 Å². The predicted octanol–water partition coefficient (Wildman–Crippen LogP) is 3.66. The van der Waals surface area contributed by atoms with Gasteiger partial charge in [-0.25, -0.2) is 4.39 Å². The second kappa shape index (κ2) is 9.11. The first kappa shape index (κ1) is 18.8. The molecule has 0 aliphatic carbocycles. The summed E-state index contributed by atoms with van der Waals surface area (Å²) >= 11 is 0. The van der Waals surface area contributed by atoms with E-state index in [9.17, 15) is 4.39 Å². The third-order valence-electron chi connectivity index (χ3n) is 4.60. The second-order valence-electron chi connectivity index (χ2n) is 6.34. The van der Waals surface area contributed by atoms with E-state index in [0.717, 1.165) is 30.9 Å². The number of benzene rings is 1. The standard InChI is InChI=1S/C19H24FN3.ClH/c1-23(14-15-9-12-21-13-10-15)19(18-4-2-3-11-22-18)16-5-7-17(20)8-6-16;/h2-8,11,15,19,21H,9-10,12-14H2,1H3;1H. The van der Waals surface area contributed by atoms with Gasteiger partial charge in [0.2, 0.25) is 0 Å². The van der Waals surface area contributed by atoms with E-state index in [1.807, 2.05) is 36.5 Å². The largest absolute Gasteiger partial charge is 0.317 e. The lowest BCUT2D eigenvalue weighted by molar-refractivity contribution is 0.205. The van der Waals surface area contributed by atoms with E-state index >= 15 is 0 Å². The van der Waals surface area contributed by atoms with E-state index in [-0.39, 0.29) is 24.3 Å². The minimum absolute atomic E-state index is 0. The van der Waals surface area contributed by atoms with E-state index < -0.39 is 0 Å². The van der Waals surface area contributed by atoms with Crippen molar-refractivity contribution < 1.29 is 4.39 Å². The Bertz CT molecular complexity index is 600. The average Bonchev–Trinajstić information content (AvgIpc) is 2.59. The Labute approximate surface area is 149 Å². The first-order valence-electron chi connectivity index (χ1n) is 8.31. The summed E-state index contributed by atoms with van der Waals surface area (Å²) < 4.78 is 13.3. The van der Waals surface area contributed by atoms with Gasteiger partial charge >= 0.3 is 0 Å². The Hall–Kier alpha value is -1.49. The summed E-state index contributed by atoms with van der Waals surface area (Å²) in [6, 6.07) is 12.9. The molecule has 1 atom stereocenters. The summed E-state index contributed by atoms with van der Waals surface area (Å²) in [6.45, 7) is 3.23.